The lowest BCUT2D eigenvalue weighted by atomic mass is 10.2. The van der Waals surface area contributed by atoms with Crippen molar-refractivity contribution < 1.29 is 8.85 Å². The largest absolute Gasteiger partial charge is 0.394 e. The van der Waals surface area contributed by atoms with Crippen molar-refractivity contribution in [1.82, 2.24) is 0 Å². The molecule has 1 atom stereocenters. The minimum absolute atomic E-state index is 0.265. The quantitative estimate of drug-likeness (QED) is 0.725. The maximum Gasteiger partial charge on any atom is 0.342 e. The number of hydrogen-bond acceptors (Lipinski definition) is 2. The van der Waals surface area contributed by atoms with Crippen LogP contribution in [0.3, 0.4) is 0 Å². The molecule has 1 rings (SSSR count). The van der Waals surface area contributed by atoms with Gasteiger partial charge in [-0.15, -0.1) is 0 Å². The zero-order valence-corrected chi connectivity index (χ0v) is 12.8. The van der Waals surface area contributed by atoms with Gasteiger partial charge >= 0.3 is 8.56 Å². The minimum Gasteiger partial charge on any atom is -0.394 e. The summed E-state index contributed by atoms with van der Waals surface area (Å²) in [5, 5.41) is 0.763. The fourth-order valence-electron chi connectivity index (χ4n) is 1.94. The molecule has 0 saturated carbocycles. The Balaban J connectivity index is 2.94. The molecule has 0 aliphatic carbocycles. The van der Waals surface area contributed by atoms with Crippen molar-refractivity contribution in [3.63, 3.8) is 0 Å². The van der Waals surface area contributed by atoms with Crippen LogP contribution < -0.4 is 0 Å². The molecule has 0 aliphatic rings. The topological polar surface area (TPSA) is 18.5 Å². The van der Waals surface area contributed by atoms with Crippen molar-refractivity contribution >= 4 is 20.2 Å². The van der Waals surface area contributed by atoms with Crippen LogP contribution in [0.15, 0.2) is 24.3 Å². The molecule has 0 N–H and O–H groups in total. The summed E-state index contributed by atoms with van der Waals surface area (Å²) in [7, 11) is -2.18. The molecule has 0 spiro atoms. The maximum absolute atomic E-state index is 6.03. The third-order valence-corrected chi connectivity index (χ3v) is 6.86. The number of benzene rings is 1. The van der Waals surface area contributed by atoms with Crippen molar-refractivity contribution in [3.05, 3.63) is 34.9 Å². The van der Waals surface area contributed by atoms with Crippen LogP contribution in [0.4, 0.5) is 0 Å². The van der Waals surface area contributed by atoms with E-state index in [0.29, 0.717) is 13.2 Å². The Labute approximate surface area is 110 Å². The molecule has 1 aromatic carbocycles. The lowest BCUT2D eigenvalue weighted by molar-refractivity contribution is 0.181. The van der Waals surface area contributed by atoms with E-state index in [1.165, 1.54) is 5.56 Å². The number of rotatable bonds is 6. The van der Waals surface area contributed by atoms with E-state index < -0.39 is 8.56 Å². The molecule has 0 bridgehead atoms. The van der Waals surface area contributed by atoms with E-state index >= 15 is 0 Å². The van der Waals surface area contributed by atoms with Crippen molar-refractivity contribution in [2.45, 2.75) is 32.9 Å². The molecule has 0 aromatic heterocycles. The van der Waals surface area contributed by atoms with Crippen molar-refractivity contribution in [2.75, 3.05) is 13.2 Å². The molecule has 0 saturated heterocycles. The molecular formula is C13H21ClO2Si. The SMILES string of the molecule is CCO[Si](C)(OCC)[C@@H](C)c1cccc(Cl)c1. The van der Waals surface area contributed by atoms with E-state index in [1.54, 1.807) is 0 Å². The molecule has 0 unspecified atom stereocenters. The van der Waals surface area contributed by atoms with Crippen LogP contribution in [0, 0.1) is 0 Å². The standard InChI is InChI=1S/C13H21ClO2Si/c1-5-15-17(4,16-6-2)11(3)12-8-7-9-13(14)10-12/h7-11H,5-6H2,1-4H3/t11-/m0/s1. The predicted molar refractivity (Wildman–Crippen MR) is 74.7 cm³/mol. The van der Waals surface area contributed by atoms with Gasteiger partial charge in [0, 0.05) is 23.8 Å². The lowest BCUT2D eigenvalue weighted by Gasteiger charge is -2.32. The normalized spacial score (nSPS) is 13.7. The third kappa shape index (κ3) is 3.81. The van der Waals surface area contributed by atoms with Crippen molar-refractivity contribution in [1.29, 1.82) is 0 Å². The zero-order valence-electron chi connectivity index (χ0n) is 11.0. The predicted octanol–water partition coefficient (Wildman–Crippen LogP) is 4.13. The van der Waals surface area contributed by atoms with Crippen molar-refractivity contribution in [2.24, 2.45) is 0 Å². The zero-order chi connectivity index (χ0) is 12.9. The van der Waals surface area contributed by atoms with Gasteiger partial charge in [-0.05, 0) is 38.1 Å². The molecule has 0 aliphatic heterocycles. The number of hydrogen-bond donors (Lipinski definition) is 0. The lowest BCUT2D eigenvalue weighted by Crippen LogP contribution is -2.44. The van der Waals surface area contributed by atoms with Gasteiger partial charge in [-0.3, -0.25) is 0 Å². The van der Waals surface area contributed by atoms with Crippen LogP contribution in [0.2, 0.25) is 11.6 Å². The maximum atomic E-state index is 6.03. The van der Waals surface area contributed by atoms with Gasteiger partial charge in [0.1, 0.15) is 0 Å². The fourth-order valence-corrected chi connectivity index (χ4v) is 4.66. The summed E-state index contributed by atoms with van der Waals surface area (Å²) in [6.45, 7) is 9.67. The van der Waals surface area contributed by atoms with Crippen LogP contribution in [0.1, 0.15) is 31.9 Å². The van der Waals surface area contributed by atoms with E-state index in [9.17, 15) is 0 Å². The smallest absolute Gasteiger partial charge is 0.342 e. The fraction of sp³-hybridized carbons (Fsp3) is 0.538. The first-order valence-corrected chi connectivity index (χ1v) is 8.84. The summed E-state index contributed by atoms with van der Waals surface area (Å²) in [5.74, 6) is 0. The third-order valence-electron chi connectivity index (χ3n) is 3.00. The molecule has 0 heterocycles. The van der Waals surface area contributed by atoms with E-state index in [2.05, 4.69) is 19.5 Å². The first kappa shape index (κ1) is 14.7. The van der Waals surface area contributed by atoms with Crippen molar-refractivity contribution in [3.8, 4) is 0 Å². The molecule has 0 radical (unpaired) electrons. The summed E-state index contributed by atoms with van der Waals surface area (Å²) in [6, 6.07) is 7.94. The first-order valence-electron chi connectivity index (χ1n) is 6.06. The van der Waals surface area contributed by atoms with Gasteiger partial charge in [0.05, 0.1) is 0 Å². The Morgan fingerprint density at radius 1 is 1.24 bits per heavy atom. The second-order valence-electron chi connectivity index (χ2n) is 4.16. The summed E-state index contributed by atoms with van der Waals surface area (Å²) in [6.07, 6.45) is 0. The van der Waals surface area contributed by atoms with Crippen LogP contribution in [-0.4, -0.2) is 21.8 Å². The van der Waals surface area contributed by atoms with E-state index in [1.807, 2.05) is 32.0 Å². The van der Waals surface area contributed by atoms with E-state index in [0.717, 1.165) is 5.02 Å². The van der Waals surface area contributed by atoms with Crippen LogP contribution in [0.5, 0.6) is 0 Å². The Kier molecular flexibility index (Phi) is 5.66. The summed E-state index contributed by atoms with van der Waals surface area (Å²) in [5.41, 5.74) is 1.45. The monoisotopic (exact) mass is 272 g/mol. The van der Waals surface area contributed by atoms with E-state index in [4.69, 9.17) is 20.5 Å². The molecule has 2 nitrogen and oxygen atoms in total. The highest BCUT2D eigenvalue weighted by Crippen LogP contribution is 2.29. The van der Waals surface area contributed by atoms with Gasteiger partial charge in [-0.1, -0.05) is 30.7 Å². The first-order chi connectivity index (χ1) is 8.03. The van der Waals surface area contributed by atoms with Gasteiger partial charge in [-0.2, -0.15) is 0 Å². The summed E-state index contributed by atoms with van der Waals surface area (Å²) < 4.78 is 11.8. The molecule has 17 heavy (non-hydrogen) atoms. The average molecular weight is 273 g/mol. The molecule has 96 valence electrons. The highest BCUT2D eigenvalue weighted by molar-refractivity contribution is 6.67. The van der Waals surface area contributed by atoms with E-state index in [-0.39, 0.29) is 5.54 Å². The minimum atomic E-state index is -2.18. The van der Waals surface area contributed by atoms with Gasteiger partial charge in [0.15, 0.2) is 0 Å². The Hall–Kier alpha value is -0.353. The Bertz CT molecular complexity index is 351. The molecule has 0 fully saturated rings. The molecule has 1 aromatic rings. The van der Waals surface area contributed by atoms with Crippen LogP contribution in [0.25, 0.3) is 0 Å². The number of halogens is 1. The van der Waals surface area contributed by atoms with Crippen LogP contribution in [-0.2, 0) is 8.85 Å². The Morgan fingerprint density at radius 2 is 1.82 bits per heavy atom. The van der Waals surface area contributed by atoms with Crippen LogP contribution >= 0.6 is 11.6 Å². The van der Waals surface area contributed by atoms with Gasteiger partial charge in [0.25, 0.3) is 0 Å². The highest BCUT2D eigenvalue weighted by atomic mass is 35.5. The van der Waals surface area contributed by atoms with Gasteiger partial charge < -0.3 is 8.85 Å². The average Bonchev–Trinajstić information content (AvgIpc) is 2.28. The highest BCUT2D eigenvalue weighted by Gasteiger charge is 2.38. The second kappa shape index (κ2) is 6.54. The van der Waals surface area contributed by atoms with Gasteiger partial charge in [0.2, 0.25) is 0 Å². The summed E-state index contributed by atoms with van der Waals surface area (Å²) >= 11 is 6.03. The molecule has 4 heteroatoms. The Morgan fingerprint density at radius 3 is 2.29 bits per heavy atom. The summed E-state index contributed by atoms with van der Waals surface area (Å²) in [4.78, 5) is 0. The van der Waals surface area contributed by atoms with Gasteiger partial charge in [-0.25, -0.2) is 0 Å². The molecular weight excluding hydrogens is 252 g/mol. The molecule has 0 amide bonds. The second-order valence-corrected chi connectivity index (χ2v) is 8.07.